The molecule has 0 aromatic heterocycles. The van der Waals surface area contributed by atoms with Crippen LogP contribution in [-0.4, -0.2) is 50.0 Å². The Bertz CT molecular complexity index is 405. The highest BCUT2D eigenvalue weighted by Crippen LogP contribution is 2.28. The van der Waals surface area contributed by atoms with Crippen LogP contribution in [0.3, 0.4) is 0 Å². The molecule has 1 aliphatic carbocycles. The van der Waals surface area contributed by atoms with E-state index in [1.807, 2.05) is 7.05 Å². The zero-order valence-electron chi connectivity index (χ0n) is 14.9. The van der Waals surface area contributed by atoms with E-state index < -0.39 is 0 Å². The van der Waals surface area contributed by atoms with Gasteiger partial charge >= 0.3 is 0 Å². The molecule has 0 unspecified atom stereocenters. The van der Waals surface area contributed by atoms with Crippen molar-refractivity contribution in [3.8, 4) is 0 Å². The fourth-order valence-electron chi connectivity index (χ4n) is 3.49. The highest BCUT2D eigenvalue weighted by molar-refractivity contribution is 14.0. The number of guanidine groups is 1. The van der Waals surface area contributed by atoms with Crippen LogP contribution in [0.5, 0.6) is 0 Å². The molecule has 0 radical (unpaired) electrons. The molecular weight excluding hydrogens is 403 g/mol. The first-order chi connectivity index (χ1) is 10.5. The van der Waals surface area contributed by atoms with Crippen molar-refractivity contribution in [3.63, 3.8) is 0 Å². The van der Waals surface area contributed by atoms with Crippen molar-refractivity contribution in [3.05, 3.63) is 0 Å². The number of hydrogen-bond acceptors (Lipinski definition) is 2. The number of carbonyl (C=O) groups is 1. The maximum Gasteiger partial charge on any atom is 0.223 e. The molecule has 2 N–H and O–H groups in total. The molecule has 0 bridgehead atoms. The third-order valence-electron chi connectivity index (χ3n) is 4.87. The summed E-state index contributed by atoms with van der Waals surface area (Å²) < 4.78 is 0. The van der Waals surface area contributed by atoms with Gasteiger partial charge in [0.1, 0.15) is 0 Å². The number of likely N-dealkylation sites (tertiary alicyclic amines) is 1. The van der Waals surface area contributed by atoms with E-state index in [0.29, 0.717) is 12.0 Å². The second-order valence-corrected chi connectivity index (χ2v) is 7.44. The van der Waals surface area contributed by atoms with Gasteiger partial charge in [-0.05, 0) is 24.7 Å². The van der Waals surface area contributed by atoms with Gasteiger partial charge in [-0.3, -0.25) is 9.79 Å². The summed E-state index contributed by atoms with van der Waals surface area (Å²) in [5.74, 6) is 1.43. The second-order valence-electron chi connectivity index (χ2n) is 7.44. The van der Waals surface area contributed by atoms with Gasteiger partial charge in [-0.2, -0.15) is 0 Å². The molecule has 2 aliphatic rings. The van der Waals surface area contributed by atoms with E-state index in [-0.39, 0.29) is 35.8 Å². The lowest BCUT2D eigenvalue weighted by atomic mass is 9.89. The van der Waals surface area contributed by atoms with Crippen molar-refractivity contribution in [2.75, 3.05) is 33.2 Å². The summed E-state index contributed by atoms with van der Waals surface area (Å²) in [4.78, 5) is 18.7. The molecule has 2 rings (SSSR count). The maximum atomic E-state index is 12.1. The molecule has 134 valence electrons. The third kappa shape index (κ3) is 6.47. The van der Waals surface area contributed by atoms with Gasteiger partial charge in [-0.1, -0.05) is 33.1 Å². The van der Waals surface area contributed by atoms with Crippen LogP contribution in [0, 0.1) is 11.3 Å². The van der Waals surface area contributed by atoms with Crippen molar-refractivity contribution < 1.29 is 4.79 Å². The Hall–Kier alpha value is -0.530. The molecule has 1 saturated heterocycles. The second kappa shape index (κ2) is 9.69. The van der Waals surface area contributed by atoms with Crippen molar-refractivity contribution in [1.29, 1.82) is 0 Å². The monoisotopic (exact) mass is 436 g/mol. The highest BCUT2D eigenvalue weighted by Gasteiger charge is 2.30. The molecular formula is C17H33IN4O. The fourth-order valence-corrected chi connectivity index (χ4v) is 3.49. The normalized spacial score (nSPS) is 21.7. The first kappa shape index (κ1) is 20.5. The number of carbonyl (C=O) groups excluding carboxylic acids is 1. The Morgan fingerprint density at radius 1 is 1.17 bits per heavy atom. The summed E-state index contributed by atoms with van der Waals surface area (Å²) in [6, 6.07) is 0. The van der Waals surface area contributed by atoms with Gasteiger partial charge in [-0.25, -0.2) is 0 Å². The summed E-state index contributed by atoms with van der Waals surface area (Å²) >= 11 is 0. The molecule has 0 aromatic rings. The van der Waals surface area contributed by atoms with Crippen LogP contribution in [0.2, 0.25) is 0 Å². The van der Waals surface area contributed by atoms with Crippen LogP contribution in [-0.2, 0) is 4.79 Å². The number of halogens is 1. The maximum absolute atomic E-state index is 12.1. The van der Waals surface area contributed by atoms with Crippen molar-refractivity contribution in [1.82, 2.24) is 15.5 Å². The smallest absolute Gasteiger partial charge is 0.223 e. The first-order valence-electron chi connectivity index (χ1n) is 8.75. The Morgan fingerprint density at radius 3 is 2.39 bits per heavy atom. The average Bonchev–Trinajstić information content (AvgIpc) is 2.88. The van der Waals surface area contributed by atoms with Crippen molar-refractivity contribution in [2.45, 2.75) is 52.4 Å². The number of hydrogen-bond donors (Lipinski definition) is 2. The van der Waals surface area contributed by atoms with Crippen LogP contribution < -0.4 is 10.6 Å². The van der Waals surface area contributed by atoms with E-state index >= 15 is 0 Å². The largest absolute Gasteiger partial charge is 0.354 e. The molecule has 6 heteroatoms. The zero-order valence-corrected chi connectivity index (χ0v) is 17.2. The van der Waals surface area contributed by atoms with E-state index in [4.69, 9.17) is 0 Å². The zero-order chi connectivity index (χ0) is 16.0. The number of nitrogens with one attached hydrogen (secondary N) is 2. The number of aliphatic imine (C=N–C) groups is 1. The summed E-state index contributed by atoms with van der Waals surface area (Å²) in [6.45, 7) is 8.10. The Kier molecular flexibility index (Phi) is 8.64. The molecule has 2 fully saturated rings. The van der Waals surface area contributed by atoms with Gasteiger partial charge in [0.25, 0.3) is 0 Å². The SMILES string of the molecule is CN=C(NCCNC(=O)C1CCCCC1)N1CCC(C)(C)C1.I. The lowest BCUT2D eigenvalue weighted by molar-refractivity contribution is -0.125. The first-order valence-corrected chi connectivity index (χ1v) is 8.75. The van der Waals surface area contributed by atoms with Gasteiger partial charge in [0, 0.05) is 39.1 Å². The lowest BCUT2D eigenvalue weighted by Crippen LogP contribution is -2.44. The standard InChI is InChI=1S/C17H32N4O.HI/c1-17(2)9-12-21(13-17)16(18-3)20-11-10-19-15(22)14-7-5-4-6-8-14;/h14H,4-13H2,1-3H3,(H,18,20)(H,19,22);1H. The quantitative estimate of drug-likeness (QED) is 0.308. The average molecular weight is 436 g/mol. The van der Waals surface area contributed by atoms with E-state index in [1.54, 1.807) is 0 Å². The van der Waals surface area contributed by atoms with E-state index in [2.05, 4.69) is 34.4 Å². The van der Waals surface area contributed by atoms with Gasteiger partial charge in [0.05, 0.1) is 0 Å². The lowest BCUT2D eigenvalue weighted by Gasteiger charge is -2.24. The summed E-state index contributed by atoms with van der Waals surface area (Å²) in [6.07, 6.45) is 7.01. The molecule has 0 aromatic carbocycles. The van der Waals surface area contributed by atoms with Crippen molar-refractivity contribution >= 4 is 35.8 Å². The molecule has 1 saturated carbocycles. The summed E-state index contributed by atoms with van der Waals surface area (Å²) in [5, 5.41) is 6.43. The molecule has 0 atom stereocenters. The van der Waals surface area contributed by atoms with Gasteiger partial charge in [0.2, 0.25) is 5.91 Å². The molecule has 0 spiro atoms. The number of nitrogens with zero attached hydrogens (tertiary/aromatic N) is 2. The minimum atomic E-state index is 0. The van der Waals surface area contributed by atoms with E-state index in [0.717, 1.165) is 38.4 Å². The molecule has 5 nitrogen and oxygen atoms in total. The predicted molar refractivity (Wildman–Crippen MR) is 106 cm³/mol. The Morgan fingerprint density at radius 2 is 1.83 bits per heavy atom. The predicted octanol–water partition coefficient (Wildman–Crippen LogP) is 2.61. The van der Waals surface area contributed by atoms with Crippen molar-refractivity contribution in [2.24, 2.45) is 16.3 Å². The van der Waals surface area contributed by atoms with Crippen LogP contribution in [0.4, 0.5) is 0 Å². The van der Waals surface area contributed by atoms with Crippen LogP contribution in [0.1, 0.15) is 52.4 Å². The fraction of sp³-hybridized carbons (Fsp3) is 0.882. The van der Waals surface area contributed by atoms with Crippen LogP contribution in [0.25, 0.3) is 0 Å². The molecule has 1 aliphatic heterocycles. The van der Waals surface area contributed by atoms with Crippen LogP contribution in [0.15, 0.2) is 4.99 Å². The minimum absolute atomic E-state index is 0. The van der Waals surface area contributed by atoms with Gasteiger partial charge in [-0.15, -0.1) is 24.0 Å². The van der Waals surface area contributed by atoms with E-state index in [9.17, 15) is 4.79 Å². The summed E-state index contributed by atoms with van der Waals surface area (Å²) in [7, 11) is 1.83. The Balaban J connectivity index is 0.00000264. The van der Waals surface area contributed by atoms with Gasteiger partial charge in [0.15, 0.2) is 5.96 Å². The molecule has 1 amide bonds. The Labute approximate surface area is 158 Å². The third-order valence-corrected chi connectivity index (χ3v) is 4.87. The molecule has 23 heavy (non-hydrogen) atoms. The molecule has 1 heterocycles. The van der Waals surface area contributed by atoms with Gasteiger partial charge < -0.3 is 15.5 Å². The highest BCUT2D eigenvalue weighted by atomic mass is 127. The van der Waals surface area contributed by atoms with Crippen LogP contribution >= 0.6 is 24.0 Å². The van der Waals surface area contributed by atoms with E-state index in [1.165, 1.54) is 25.7 Å². The number of rotatable bonds is 4. The summed E-state index contributed by atoms with van der Waals surface area (Å²) in [5.41, 5.74) is 0.368. The minimum Gasteiger partial charge on any atom is -0.354 e. The topological polar surface area (TPSA) is 56.7 Å². The number of amides is 1.